The highest BCUT2D eigenvalue weighted by Crippen LogP contribution is 2.37. The summed E-state index contributed by atoms with van der Waals surface area (Å²) in [6.45, 7) is 1.93. The number of rotatable bonds is 2. The van der Waals surface area contributed by atoms with Crippen molar-refractivity contribution in [2.45, 2.75) is 20.0 Å². The van der Waals surface area contributed by atoms with Crippen LogP contribution >= 0.6 is 0 Å². The molecule has 0 aromatic carbocycles. The van der Waals surface area contributed by atoms with Gasteiger partial charge < -0.3 is 0 Å². The van der Waals surface area contributed by atoms with E-state index >= 15 is 0 Å². The molecular formula is C15H11F4N3O2. The Hall–Kier alpha value is -2.84. The summed E-state index contributed by atoms with van der Waals surface area (Å²) in [5.74, 6) is -2.49. The van der Waals surface area contributed by atoms with Gasteiger partial charge in [-0.2, -0.15) is 13.2 Å². The van der Waals surface area contributed by atoms with Gasteiger partial charge >= 0.3 is 6.18 Å². The summed E-state index contributed by atoms with van der Waals surface area (Å²) in [7, 11) is 0. The molecule has 9 heteroatoms. The number of imide groups is 1. The van der Waals surface area contributed by atoms with Crippen molar-refractivity contribution in [2.75, 3.05) is 4.90 Å². The van der Waals surface area contributed by atoms with E-state index in [0.717, 1.165) is 44.4 Å². The molecule has 0 N–H and O–H groups in total. The van der Waals surface area contributed by atoms with E-state index in [1.54, 1.807) is 0 Å². The highest BCUT2D eigenvalue weighted by molar-refractivity contribution is 6.13. The van der Waals surface area contributed by atoms with Gasteiger partial charge in [0.1, 0.15) is 5.82 Å². The Bertz CT molecular complexity index is 792. The molecule has 2 aromatic heterocycles. The molecule has 0 fully saturated rings. The minimum absolute atomic E-state index is 0.0317. The summed E-state index contributed by atoms with van der Waals surface area (Å²) in [5.41, 5.74) is -2.26. The molecule has 0 aliphatic heterocycles. The topological polar surface area (TPSA) is 63.2 Å². The maximum Gasteiger partial charge on any atom is 0.435 e. The van der Waals surface area contributed by atoms with Gasteiger partial charge in [-0.05, 0) is 18.2 Å². The molecule has 126 valence electrons. The van der Waals surface area contributed by atoms with Crippen LogP contribution in [0.25, 0.3) is 11.3 Å². The van der Waals surface area contributed by atoms with Crippen molar-refractivity contribution in [3.8, 4) is 11.3 Å². The first-order valence-electron chi connectivity index (χ1n) is 6.61. The minimum atomic E-state index is -4.92. The Balaban J connectivity index is 2.67. The third-order valence-corrected chi connectivity index (χ3v) is 3.01. The van der Waals surface area contributed by atoms with Crippen LogP contribution in [0.15, 0.2) is 30.6 Å². The molecule has 0 bridgehead atoms. The van der Waals surface area contributed by atoms with E-state index < -0.39 is 35.2 Å². The van der Waals surface area contributed by atoms with Crippen molar-refractivity contribution >= 4 is 17.5 Å². The normalized spacial score (nSPS) is 11.2. The van der Waals surface area contributed by atoms with E-state index in [-0.39, 0.29) is 11.3 Å². The van der Waals surface area contributed by atoms with Gasteiger partial charge in [0, 0.05) is 25.6 Å². The van der Waals surface area contributed by atoms with Gasteiger partial charge in [0.15, 0.2) is 5.69 Å². The molecular weight excluding hydrogens is 330 g/mol. The smallest absolute Gasteiger partial charge is 0.274 e. The molecule has 0 unspecified atom stereocenters. The largest absolute Gasteiger partial charge is 0.435 e. The number of aromatic nitrogens is 2. The second kappa shape index (κ2) is 6.34. The summed E-state index contributed by atoms with van der Waals surface area (Å²) < 4.78 is 53.1. The lowest BCUT2D eigenvalue weighted by molar-refractivity contribution is -0.140. The Kier molecular flexibility index (Phi) is 4.63. The average Bonchev–Trinajstić information content (AvgIpc) is 2.45. The van der Waals surface area contributed by atoms with Crippen molar-refractivity contribution in [2.24, 2.45) is 0 Å². The standard InChI is InChI=1S/C15H11F4N3O2/c1-8(23)22(9(2)24)13-4-3-12(21-14(13)15(17,18)19)10-5-11(16)7-20-6-10/h3-7H,1-2H3. The predicted molar refractivity (Wildman–Crippen MR) is 76.3 cm³/mol. The van der Waals surface area contributed by atoms with Crippen LogP contribution in [0.1, 0.15) is 19.5 Å². The van der Waals surface area contributed by atoms with Crippen LogP contribution in [0.4, 0.5) is 23.2 Å². The predicted octanol–water partition coefficient (Wildman–Crippen LogP) is 3.20. The zero-order valence-electron chi connectivity index (χ0n) is 12.6. The molecule has 0 atom stereocenters. The van der Waals surface area contributed by atoms with Crippen LogP contribution in [0.3, 0.4) is 0 Å². The van der Waals surface area contributed by atoms with E-state index in [0.29, 0.717) is 4.90 Å². The highest BCUT2D eigenvalue weighted by atomic mass is 19.4. The number of nitrogens with zero attached hydrogens (tertiary/aromatic N) is 3. The number of halogens is 4. The molecule has 0 radical (unpaired) electrons. The summed E-state index contributed by atoms with van der Waals surface area (Å²) in [6.07, 6.45) is -2.87. The maximum atomic E-state index is 13.3. The van der Waals surface area contributed by atoms with Crippen molar-refractivity contribution in [1.29, 1.82) is 0 Å². The summed E-state index contributed by atoms with van der Waals surface area (Å²) in [6, 6.07) is 3.07. The number of alkyl halides is 3. The van der Waals surface area contributed by atoms with E-state index in [4.69, 9.17) is 0 Å². The van der Waals surface area contributed by atoms with E-state index in [1.165, 1.54) is 0 Å². The van der Waals surface area contributed by atoms with E-state index in [2.05, 4.69) is 9.97 Å². The van der Waals surface area contributed by atoms with Crippen molar-refractivity contribution < 1.29 is 27.2 Å². The number of hydrogen-bond donors (Lipinski definition) is 0. The van der Waals surface area contributed by atoms with Gasteiger partial charge in [-0.15, -0.1) is 0 Å². The Labute approximate surface area is 133 Å². The van der Waals surface area contributed by atoms with Crippen molar-refractivity contribution in [3.05, 3.63) is 42.1 Å². The molecule has 5 nitrogen and oxygen atoms in total. The zero-order chi connectivity index (χ0) is 18.1. The fourth-order valence-electron chi connectivity index (χ4n) is 2.11. The van der Waals surface area contributed by atoms with Crippen LogP contribution in [0.5, 0.6) is 0 Å². The highest BCUT2D eigenvalue weighted by Gasteiger charge is 2.39. The van der Waals surface area contributed by atoms with Crippen LogP contribution in [0.2, 0.25) is 0 Å². The number of amides is 2. The van der Waals surface area contributed by atoms with E-state index in [9.17, 15) is 27.2 Å². The maximum absolute atomic E-state index is 13.3. The third kappa shape index (κ3) is 3.55. The molecule has 0 saturated carbocycles. The molecule has 0 spiro atoms. The van der Waals surface area contributed by atoms with Gasteiger partial charge in [0.25, 0.3) is 0 Å². The Morgan fingerprint density at radius 1 is 1.08 bits per heavy atom. The zero-order valence-corrected chi connectivity index (χ0v) is 12.6. The number of carbonyl (C=O) groups excluding carboxylic acids is 2. The fraction of sp³-hybridized carbons (Fsp3) is 0.200. The van der Waals surface area contributed by atoms with Crippen LogP contribution in [0, 0.1) is 5.82 Å². The summed E-state index contributed by atoms with van der Waals surface area (Å²) >= 11 is 0. The molecule has 2 aromatic rings. The summed E-state index contributed by atoms with van der Waals surface area (Å²) in [5, 5.41) is 0. The number of hydrogen-bond acceptors (Lipinski definition) is 4. The van der Waals surface area contributed by atoms with Crippen molar-refractivity contribution in [3.63, 3.8) is 0 Å². The van der Waals surface area contributed by atoms with Gasteiger partial charge in [-0.25, -0.2) is 14.3 Å². The van der Waals surface area contributed by atoms with Gasteiger partial charge in [-0.3, -0.25) is 14.6 Å². The third-order valence-electron chi connectivity index (χ3n) is 3.01. The van der Waals surface area contributed by atoms with Gasteiger partial charge in [0.2, 0.25) is 11.8 Å². The Morgan fingerprint density at radius 3 is 2.21 bits per heavy atom. The lowest BCUT2D eigenvalue weighted by Gasteiger charge is -2.21. The molecule has 0 aliphatic rings. The molecule has 2 amide bonds. The van der Waals surface area contributed by atoms with Crippen LogP contribution in [-0.4, -0.2) is 21.8 Å². The van der Waals surface area contributed by atoms with Crippen LogP contribution < -0.4 is 4.90 Å². The molecule has 2 heterocycles. The lowest BCUT2D eigenvalue weighted by atomic mass is 10.1. The fourth-order valence-corrected chi connectivity index (χ4v) is 2.11. The second-order valence-corrected chi connectivity index (χ2v) is 4.83. The van der Waals surface area contributed by atoms with E-state index in [1.807, 2.05) is 0 Å². The first kappa shape index (κ1) is 17.5. The number of carbonyl (C=O) groups is 2. The quantitative estimate of drug-likeness (QED) is 0.787. The molecule has 0 saturated heterocycles. The van der Waals surface area contributed by atoms with Crippen LogP contribution in [-0.2, 0) is 15.8 Å². The first-order chi connectivity index (χ1) is 11.1. The number of anilines is 1. The second-order valence-electron chi connectivity index (χ2n) is 4.83. The average molecular weight is 341 g/mol. The van der Waals surface area contributed by atoms with Gasteiger partial charge in [-0.1, -0.05) is 0 Å². The SMILES string of the molecule is CC(=O)N(C(C)=O)c1ccc(-c2cncc(F)c2)nc1C(F)(F)F. The monoisotopic (exact) mass is 341 g/mol. The molecule has 2 rings (SSSR count). The summed E-state index contributed by atoms with van der Waals surface area (Å²) in [4.78, 5) is 30.4. The van der Waals surface area contributed by atoms with Gasteiger partial charge in [0.05, 0.1) is 17.6 Å². The Morgan fingerprint density at radius 2 is 1.71 bits per heavy atom. The first-order valence-corrected chi connectivity index (χ1v) is 6.61. The molecule has 24 heavy (non-hydrogen) atoms. The molecule has 0 aliphatic carbocycles. The minimum Gasteiger partial charge on any atom is -0.274 e. The lowest BCUT2D eigenvalue weighted by Crippen LogP contribution is -2.35. The number of pyridine rings is 2. The van der Waals surface area contributed by atoms with Crippen molar-refractivity contribution in [1.82, 2.24) is 9.97 Å².